The Morgan fingerprint density at radius 1 is 1.23 bits per heavy atom. The minimum Gasteiger partial charge on any atom is -0.462 e. The van der Waals surface area contributed by atoms with Gasteiger partial charge in [-0.2, -0.15) is 16.7 Å². The topological polar surface area (TPSA) is 130 Å². The van der Waals surface area contributed by atoms with Crippen LogP contribution in [0.2, 0.25) is 0 Å². The average Bonchev–Trinajstić information content (AvgIpc) is 3.17. The van der Waals surface area contributed by atoms with Crippen LogP contribution >= 0.6 is 23.5 Å². The Kier molecular flexibility index (Phi) is 5.67. The lowest BCUT2D eigenvalue weighted by Gasteiger charge is -2.03. The highest BCUT2D eigenvalue weighted by molar-refractivity contribution is 7.98. The lowest BCUT2D eigenvalue weighted by molar-refractivity contribution is 0.0526. The summed E-state index contributed by atoms with van der Waals surface area (Å²) in [6.07, 6.45) is 1.96. The zero-order valence-electron chi connectivity index (χ0n) is 14.4. The summed E-state index contributed by atoms with van der Waals surface area (Å²) in [5.41, 5.74) is 6.55. The van der Waals surface area contributed by atoms with Crippen molar-refractivity contribution in [2.75, 3.05) is 18.6 Å². The molecule has 3 heterocycles. The quantitative estimate of drug-likeness (QED) is 0.468. The number of hydrogen-bond donors (Lipinski definition) is 1. The van der Waals surface area contributed by atoms with Gasteiger partial charge in [-0.1, -0.05) is 11.8 Å². The van der Waals surface area contributed by atoms with Gasteiger partial charge in [-0.15, -0.1) is 10.2 Å². The van der Waals surface area contributed by atoms with Gasteiger partial charge >= 0.3 is 5.97 Å². The van der Waals surface area contributed by atoms with E-state index in [0.29, 0.717) is 39.6 Å². The highest BCUT2D eigenvalue weighted by Gasteiger charge is 2.24. The van der Waals surface area contributed by atoms with Crippen molar-refractivity contribution in [3.05, 3.63) is 23.0 Å². The monoisotopic (exact) mass is 395 g/mol. The number of anilines is 1. The first-order valence-corrected chi connectivity index (χ1v) is 10.1. The van der Waals surface area contributed by atoms with Crippen LogP contribution in [-0.2, 0) is 16.2 Å². The molecule has 0 bridgehead atoms. The van der Waals surface area contributed by atoms with Crippen molar-refractivity contribution in [1.29, 1.82) is 0 Å². The van der Waals surface area contributed by atoms with Crippen LogP contribution in [0, 0.1) is 6.92 Å². The summed E-state index contributed by atoms with van der Waals surface area (Å²) in [4.78, 5) is 20.7. The van der Waals surface area contributed by atoms with E-state index in [1.54, 1.807) is 25.6 Å². The molecule has 0 aliphatic rings. The van der Waals surface area contributed by atoms with Crippen molar-refractivity contribution in [1.82, 2.24) is 20.2 Å². The zero-order chi connectivity index (χ0) is 18.7. The van der Waals surface area contributed by atoms with Gasteiger partial charge in [0.1, 0.15) is 23.0 Å². The first kappa shape index (κ1) is 18.5. The maximum absolute atomic E-state index is 12.1. The van der Waals surface area contributed by atoms with E-state index in [-0.39, 0.29) is 23.7 Å². The lowest BCUT2D eigenvalue weighted by atomic mass is 10.2. The molecule has 26 heavy (non-hydrogen) atoms. The minimum absolute atomic E-state index is 0.166. The summed E-state index contributed by atoms with van der Waals surface area (Å²) < 4.78 is 16.1. The SMILES string of the molecule is CCOC(=O)c1c(C)oc2nc(CSc3nnc(CSC)o3)nc(N)c12. The Balaban J connectivity index is 1.83. The predicted octanol–water partition coefficient (Wildman–Crippen LogP) is 2.83. The summed E-state index contributed by atoms with van der Waals surface area (Å²) in [5.74, 6) is 2.08. The fraction of sp³-hybridized carbons (Fsp3) is 0.400. The van der Waals surface area contributed by atoms with Crippen LogP contribution in [-0.4, -0.2) is 39.0 Å². The number of aromatic nitrogens is 4. The van der Waals surface area contributed by atoms with E-state index >= 15 is 0 Å². The van der Waals surface area contributed by atoms with E-state index in [0.717, 1.165) is 0 Å². The molecule has 0 amide bonds. The van der Waals surface area contributed by atoms with E-state index < -0.39 is 5.97 Å². The number of esters is 1. The van der Waals surface area contributed by atoms with Crippen LogP contribution in [0.3, 0.4) is 0 Å². The molecule has 3 aromatic heterocycles. The second kappa shape index (κ2) is 7.96. The van der Waals surface area contributed by atoms with Gasteiger partial charge in [0.2, 0.25) is 11.6 Å². The van der Waals surface area contributed by atoms with Crippen molar-refractivity contribution < 1.29 is 18.4 Å². The van der Waals surface area contributed by atoms with Gasteiger partial charge in [0.05, 0.1) is 23.5 Å². The summed E-state index contributed by atoms with van der Waals surface area (Å²) in [5, 5.41) is 8.70. The Hall–Kier alpha value is -2.27. The van der Waals surface area contributed by atoms with Gasteiger partial charge in [-0.25, -0.2) is 9.78 Å². The fourth-order valence-corrected chi connectivity index (χ4v) is 3.30. The molecule has 3 aromatic rings. The zero-order valence-corrected chi connectivity index (χ0v) is 16.1. The number of carbonyl (C=O) groups is 1. The number of nitrogens with two attached hydrogens (primary N) is 1. The second-order valence-corrected chi connectivity index (χ2v) is 6.93. The normalized spacial score (nSPS) is 11.2. The predicted molar refractivity (Wildman–Crippen MR) is 98.0 cm³/mol. The lowest BCUT2D eigenvalue weighted by Crippen LogP contribution is -2.07. The molecule has 0 aliphatic heterocycles. The molecule has 9 nitrogen and oxygen atoms in total. The van der Waals surface area contributed by atoms with E-state index in [9.17, 15) is 4.79 Å². The van der Waals surface area contributed by atoms with Gasteiger partial charge in [0.15, 0.2) is 0 Å². The average molecular weight is 395 g/mol. The number of carbonyl (C=O) groups excluding carboxylic acids is 1. The first-order valence-electron chi connectivity index (χ1n) is 7.70. The number of thioether (sulfide) groups is 2. The molecule has 2 N–H and O–H groups in total. The van der Waals surface area contributed by atoms with Gasteiger partial charge in [0, 0.05) is 0 Å². The van der Waals surface area contributed by atoms with Crippen molar-refractivity contribution in [2.45, 2.75) is 30.6 Å². The molecule has 0 aliphatic carbocycles. The van der Waals surface area contributed by atoms with Crippen molar-refractivity contribution in [3.63, 3.8) is 0 Å². The third kappa shape index (κ3) is 3.78. The molecule has 0 aromatic carbocycles. The Bertz CT molecular complexity index is 940. The Morgan fingerprint density at radius 3 is 2.77 bits per heavy atom. The summed E-state index contributed by atoms with van der Waals surface area (Å²) in [6.45, 7) is 3.64. The fourth-order valence-electron chi connectivity index (χ4n) is 2.30. The maximum Gasteiger partial charge on any atom is 0.342 e. The number of fused-ring (bicyclic) bond motifs is 1. The summed E-state index contributed by atoms with van der Waals surface area (Å²) in [6, 6.07) is 0. The largest absolute Gasteiger partial charge is 0.462 e. The number of hydrogen-bond acceptors (Lipinski definition) is 11. The maximum atomic E-state index is 12.1. The van der Waals surface area contributed by atoms with E-state index in [2.05, 4.69) is 20.2 Å². The van der Waals surface area contributed by atoms with E-state index in [1.807, 2.05) is 6.26 Å². The molecule has 0 atom stereocenters. The standard InChI is InChI=1S/C15H17N5O4S2/c1-4-22-14(21)10-7(2)23-13-11(10)12(16)17-8(18-13)5-26-15-20-19-9(24-15)6-25-3/h4-6H2,1-3H3,(H2,16,17,18). The Morgan fingerprint density at radius 2 is 2.04 bits per heavy atom. The van der Waals surface area contributed by atoms with Crippen molar-refractivity contribution in [2.24, 2.45) is 0 Å². The number of aryl methyl sites for hydroxylation is 1. The van der Waals surface area contributed by atoms with Crippen LogP contribution in [0.15, 0.2) is 14.1 Å². The van der Waals surface area contributed by atoms with Crippen LogP contribution in [0.4, 0.5) is 5.82 Å². The van der Waals surface area contributed by atoms with Crippen LogP contribution in [0.1, 0.15) is 34.8 Å². The number of furan rings is 1. The molecule has 0 radical (unpaired) electrons. The Labute approximate surface area is 157 Å². The van der Waals surface area contributed by atoms with Gasteiger partial charge in [0.25, 0.3) is 5.22 Å². The smallest absolute Gasteiger partial charge is 0.342 e. The molecule has 138 valence electrons. The molecular formula is C15H17N5O4S2. The number of nitrogen functional groups attached to an aromatic ring is 1. The molecule has 3 rings (SSSR count). The van der Waals surface area contributed by atoms with E-state index in [4.69, 9.17) is 19.3 Å². The highest BCUT2D eigenvalue weighted by atomic mass is 32.2. The third-order valence-corrected chi connectivity index (χ3v) is 4.67. The van der Waals surface area contributed by atoms with Gasteiger partial charge in [-0.05, 0) is 20.1 Å². The molecular weight excluding hydrogens is 378 g/mol. The van der Waals surface area contributed by atoms with Crippen molar-refractivity contribution in [3.8, 4) is 0 Å². The van der Waals surface area contributed by atoms with Gasteiger partial charge in [-0.3, -0.25) is 0 Å². The third-order valence-electron chi connectivity index (χ3n) is 3.32. The number of ether oxygens (including phenoxy) is 1. The van der Waals surface area contributed by atoms with Crippen LogP contribution < -0.4 is 5.73 Å². The summed E-state index contributed by atoms with van der Waals surface area (Å²) in [7, 11) is 0. The molecule has 0 saturated heterocycles. The molecule has 11 heteroatoms. The highest BCUT2D eigenvalue weighted by Crippen LogP contribution is 2.30. The number of nitrogens with zero attached hydrogens (tertiary/aromatic N) is 4. The second-order valence-electron chi connectivity index (χ2n) is 5.14. The van der Waals surface area contributed by atoms with Crippen molar-refractivity contribution >= 4 is 46.4 Å². The van der Waals surface area contributed by atoms with E-state index in [1.165, 1.54) is 11.8 Å². The van der Waals surface area contributed by atoms with Gasteiger partial charge < -0.3 is 19.3 Å². The minimum atomic E-state index is -0.506. The molecule has 0 fully saturated rings. The summed E-state index contributed by atoms with van der Waals surface area (Å²) >= 11 is 2.90. The molecule has 0 unspecified atom stereocenters. The molecule has 0 saturated carbocycles. The first-order chi connectivity index (χ1) is 12.5. The van der Waals surface area contributed by atoms with Crippen LogP contribution in [0.5, 0.6) is 0 Å². The number of rotatable bonds is 7. The molecule has 0 spiro atoms. The van der Waals surface area contributed by atoms with Crippen LogP contribution in [0.25, 0.3) is 11.1 Å².